The van der Waals surface area contributed by atoms with Gasteiger partial charge < -0.3 is 14.8 Å². The van der Waals surface area contributed by atoms with Crippen molar-refractivity contribution in [3.63, 3.8) is 0 Å². The van der Waals surface area contributed by atoms with Crippen LogP contribution in [0.25, 0.3) is 10.8 Å². The molecule has 28 heavy (non-hydrogen) atoms. The van der Waals surface area contributed by atoms with Crippen molar-refractivity contribution in [1.29, 1.82) is 0 Å². The highest BCUT2D eigenvalue weighted by atomic mass is 16.5. The minimum atomic E-state index is -0.131. The first-order valence-electron chi connectivity index (χ1n) is 9.87. The van der Waals surface area contributed by atoms with Crippen molar-refractivity contribution >= 4 is 16.7 Å². The number of carbonyl (C=O) groups is 1. The number of amides is 1. The van der Waals surface area contributed by atoms with Crippen LogP contribution in [0, 0.1) is 0 Å². The molecule has 1 amide bonds. The van der Waals surface area contributed by atoms with Gasteiger partial charge in [0.15, 0.2) is 11.5 Å². The van der Waals surface area contributed by atoms with Gasteiger partial charge in [-0.05, 0) is 47.9 Å². The van der Waals surface area contributed by atoms with Crippen molar-refractivity contribution in [3.05, 3.63) is 71.8 Å². The molecule has 0 atom stereocenters. The maximum atomic E-state index is 12.7. The third-order valence-corrected chi connectivity index (χ3v) is 4.58. The maximum Gasteiger partial charge on any atom is 0.251 e. The van der Waals surface area contributed by atoms with Gasteiger partial charge in [0.1, 0.15) is 0 Å². The Bertz CT molecular complexity index is 931. The average molecular weight is 377 g/mol. The summed E-state index contributed by atoms with van der Waals surface area (Å²) < 4.78 is 11.5. The van der Waals surface area contributed by atoms with Gasteiger partial charge in [0.05, 0.1) is 13.2 Å². The Kier molecular flexibility index (Phi) is 6.90. The van der Waals surface area contributed by atoms with E-state index >= 15 is 0 Å². The van der Waals surface area contributed by atoms with Crippen LogP contribution in [0.4, 0.5) is 0 Å². The summed E-state index contributed by atoms with van der Waals surface area (Å²) in [5.41, 5.74) is 1.66. The second-order valence-corrected chi connectivity index (χ2v) is 6.62. The zero-order chi connectivity index (χ0) is 19.8. The summed E-state index contributed by atoms with van der Waals surface area (Å²) >= 11 is 0. The molecular formula is C24H27NO3. The smallest absolute Gasteiger partial charge is 0.251 e. The van der Waals surface area contributed by atoms with Gasteiger partial charge in [-0.15, -0.1) is 0 Å². The molecule has 4 nitrogen and oxygen atoms in total. The van der Waals surface area contributed by atoms with Gasteiger partial charge in [0.2, 0.25) is 0 Å². The van der Waals surface area contributed by atoms with Gasteiger partial charge in [-0.3, -0.25) is 4.79 Å². The Balaban J connectivity index is 1.72. The van der Waals surface area contributed by atoms with E-state index in [1.165, 1.54) is 5.39 Å². The third kappa shape index (κ3) is 4.83. The Morgan fingerprint density at radius 2 is 1.75 bits per heavy atom. The second-order valence-electron chi connectivity index (χ2n) is 6.62. The lowest BCUT2D eigenvalue weighted by atomic mass is 10.0. The highest BCUT2D eigenvalue weighted by Crippen LogP contribution is 2.29. The first-order valence-corrected chi connectivity index (χ1v) is 9.87. The molecule has 0 radical (unpaired) electrons. The van der Waals surface area contributed by atoms with Crippen molar-refractivity contribution < 1.29 is 14.3 Å². The molecule has 146 valence electrons. The van der Waals surface area contributed by atoms with Crippen molar-refractivity contribution in [2.24, 2.45) is 0 Å². The van der Waals surface area contributed by atoms with E-state index in [2.05, 4.69) is 30.4 Å². The summed E-state index contributed by atoms with van der Waals surface area (Å²) in [6.45, 7) is 5.67. The molecule has 0 aromatic heterocycles. The predicted molar refractivity (Wildman–Crippen MR) is 113 cm³/mol. The van der Waals surface area contributed by atoms with Crippen molar-refractivity contribution in [2.75, 3.05) is 13.2 Å². The van der Waals surface area contributed by atoms with E-state index in [4.69, 9.17) is 9.47 Å². The summed E-state index contributed by atoms with van der Waals surface area (Å²) in [6, 6.07) is 19.7. The molecule has 0 spiro atoms. The van der Waals surface area contributed by atoms with Crippen molar-refractivity contribution in [1.82, 2.24) is 5.32 Å². The van der Waals surface area contributed by atoms with E-state index in [0.717, 1.165) is 23.8 Å². The lowest BCUT2D eigenvalue weighted by Gasteiger charge is -2.13. The van der Waals surface area contributed by atoms with Crippen LogP contribution in [0.5, 0.6) is 11.5 Å². The van der Waals surface area contributed by atoms with Crippen molar-refractivity contribution in [2.45, 2.75) is 33.2 Å². The minimum Gasteiger partial charge on any atom is -0.490 e. The molecular weight excluding hydrogens is 350 g/mol. The fraction of sp³-hybridized carbons (Fsp3) is 0.292. The largest absolute Gasteiger partial charge is 0.490 e. The highest BCUT2D eigenvalue weighted by molar-refractivity contribution is 5.95. The van der Waals surface area contributed by atoms with Crippen LogP contribution in [0.15, 0.2) is 60.7 Å². The van der Waals surface area contributed by atoms with E-state index in [1.807, 2.05) is 37.3 Å². The SMILES string of the molecule is CCCCOc1ccc(C(=O)NCc2cccc3ccccc23)cc1OCC. The molecule has 3 aromatic carbocycles. The Morgan fingerprint density at radius 3 is 2.57 bits per heavy atom. The van der Waals surface area contributed by atoms with Crippen LogP contribution in [0.1, 0.15) is 42.6 Å². The molecule has 0 aliphatic rings. The van der Waals surface area contributed by atoms with Crippen LogP contribution in [0.3, 0.4) is 0 Å². The van der Waals surface area contributed by atoms with Crippen LogP contribution < -0.4 is 14.8 Å². The average Bonchev–Trinajstić information content (AvgIpc) is 2.73. The summed E-state index contributed by atoms with van der Waals surface area (Å²) in [7, 11) is 0. The normalized spacial score (nSPS) is 10.6. The Hall–Kier alpha value is -3.01. The van der Waals surface area contributed by atoms with Gasteiger partial charge >= 0.3 is 0 Å². The molecule has 3 aromatic rings. The fourth-order valence-corrected chi connectivity index (χ4v) is 3.09. The first-order chi connectivity index (χ1) is 13.7. The molecule has 0 aliphatic heterocycles. The number of unbranched alkanes of at least 4 members (excludes halogenated alkanes) is 1. The number of carbonyl (C=O) groups excluding carboxylic acids is 1. The van der Waals surface area contributed by atoms with E-state index in [0.29, 0.717) is 36.8 Å². The second kappa shape index (κ2) is 9.79. The highest BCUT2D eigenvalue weighted by Gasteiger charge is 2.12. The fourth-order valence-electron chi connectivity index (χ4n) is 3.09. The van der Waals surface area contributed by atoms with Crippen LogP contribution in [-0.4, -0.2) is 19.1 Å². The van der Waals surface area contributed by atoms with E-state index in [9.17, 15) is 4.79 Å². The van der Waals surface area contributed by atoms with E-state index in [-0.39, 0.29) is 5.91 Å². The number of hydrogen-bond donors (Lipinski definition) is 1. The summed E-state index contributed by atoms with van der Waals surface area (Å²) in [5, 5.41) is 5.33. The number of hydrogen-bond acceptors (Lipinski definition) is 3. The minimum absolute atomic E-state index is 0.131. The zero-order valence-electron chi connectivity index (χ0n) is 16.5. The molecule has 0 saturated carbocycles. The molecule has 0 unspecified atom stereocenters. The lowest BCUT2D eigenvalue weighted by molar-refractivity contribution is 0.0950. The lowest BCUT2D eigenvalue weighted by Crippen LogP contribution is -2.23. The van der Waals surface area contributed by atoms with Gasteiger partial charge in [0, 0.05) is 12.1 Å². The molecule has 0 bridgehead atoms. The summed E-state index contributed by atoms with van der Waals surface area (Å²) in [5.74, 6) is 1.16. The zero-order valence-corrected chi connectivity index (χ0v) is 16.5. The summed E-state index contributed by atoms with van der Waals surface area (Å²) in [4.78, 5) is 12.7. The van der Waals surface area contributed by atoms with Gasteiger partial charge in [0.25, 0.3) is 5.91 Å². The third-order valence-electron chi connectivity index (χ3n) is 4.58. The van der Waals surface area contributed by atoms with Crippen molar-refractivity contribution in [3.8, 4) is 11.5 Å². The number of nitrogens with one attached hydrogen (secondary N) is 1. The summed E-state index contributed by atoms with van der Waals surface area (Å²) in [6.07, 6.45) is 2.05. The van der Waals surface area contributed by atoms with E-state index in [1.54, 1.807) is 12.1 Å². The molecule has 0 saturated heterocycles. The Morgan fingerprint density at radius 1 is 0.929 bits per heavy atom. The first kappa shape index (κ1) is 19.7. The monoisotopic (exact) mass is 377 g/mol. The van der Waals surface area contributed by atoms with Crippen LogP contribution in [0.2, 0.25) is 0 Å². The maximum absolute atomic E-state index is 12.7. The number of rotatable bonds is 9. The molecule has 3 rings (SSSR count). The van der Waals surface area contributed by atoms with Gasteiger partial charge in [-0.1, -0.05) is 55.8 Å². The standard InChI is InChI=1S/C24H27NO3/c1-3-5-15-28-22-14-13-19(16-23(22)27-4-2)24(26)25-17-20-11-8-10-18-9-6-7-12-21(18)20/h6-14,16H,3-5,15,17H2,1-2H3,(H,25,26). The predicted octanol–water partition coefficient (Wildman–Crippen LogP) is 5.35. The molecule has 0 aliphatic carbocycles. The number of benzene rings is 3. The molecule has 0 fully saturated rings. The van der Waals surface area contributed by atoms with Gasteiger partial charge in [-0.2, -0.15) is 0 Å². The van der Waals surface area contributed by atoms with Crippen LogP contribution in [-0.2, 0) is 6.54 Å². The number of ether oxygens (including phenoxy) is 2. The van der Waals surface area contributed by atoms with E-state index < -0.39 is 0 Å². The molecule has 4 heteroatoms. The topological polar surface area (TPSA) is 47.6 Å². The van der Waals surface area contributed by atoms with Crippen LogP contribution >= 0.6 is 0 Å². The molecule has 0 heterocycles. The quantitative estimate of drug-likeness (QED) is 0.512. The van der Waals surface area contributed by atoms with Gasteiger partial charge in [-0.25, -0.2) is 0 Å². The number of fused-ring (bicyclic) bond motifs is 1. The molecule has 1 N–H and O–H groups in total. The Labute approximate surface area is 166 Å².